The van der Waals surface area contributed by atoms with Crippen molar-refractivity contribution in [3.63, 3.8) is 0 Å². The van der Waals surface area contributed by atoms with Gasteiger partial charge >= 0.3 is 0 Å². The van der Waals surface area contributed by atoms with Crippen molar-refractivity contribution in [2.45, 2.75) is 54.4 Å². The summed E-state index contributed by atoms with van der Waals surface area (Å²) in [5.74, 6) is 0.823. The minimum Gasteiger partial charge on any atom is -0.387 e. The van der Waals surface area contributed by atoms with Crippen LogP contribution in [0.15, 0.2) is 4.99 Å². The molecule has 1 aliphatic heterocycles. The Morgan fingerprint density at radius 1 is 1.00 bits per heavy atom. The van der Waals surface area contributed by atoms with Gasteiger partial charge in [-0.15, -0.1) is 0 Å². The van der Waals surface area contributed by atoms with E-state index in [9.17, 15) is 0 Å². The number of hydrogen-bond donors (Lipinski definition) is 1. The van der Waals surface area contributed by atoms with Crippen LogP contribution in [-0.4, -0.2) is 12.4 Å². The fraction of sp³-hybridized carbons (Fsp3) is 0.923. The Morgan fingerprint density at radius 3 is 2.07 bits per heavy atom. The van der Waals surface area contributed by atoms with E-state index in [-0.39, 0.29) is 10.8 Å². The SMILES string of the molecule is CC1(C)CC(N)=NCC(C)(C)C(C)(C)C1. The number of nitrogens with two attached hydrogens (primary N) is 1. The average Bonchev–Trinajstić information content (AvgIpc) is 1.96. The minimum atomic E-state index is 0.218. The maximum absolute atomic E-state index is 5.94. The quantitative estimate of drug-likeness (QED) is 0.655. The molecule has 0 aliphatic carbocycles. The average molecular weight is 210 g/mol. The third kappa shape index (κ3) is 2.73. The first kappa shape index (κ1) is 12.5. The topological polar surface area (TPSA) is 38.4 Å². The first-order valence-corrected chi connectivity index (χ1v) is 5.85. The van der Waals surface area contributed by atoms with E-state index >= 15 is 0 Å². The Labute approximate surface area is 94.3 Å². The molecule has 1 aliphatic rings. The monoisotopic (exact) mass is 210 g/mol. The van der Waals surface area contributed by atoms with Crippen LogP contribution in [0.2, 0.25) is 0 Å². The summed E-state index contributed by atoms with van der Waals surface area (Å²) in [6, 6.07) is 0. The van der Waals surface area contributed by atoms with E-state index in [1.807, 2.05) is 0 Å². The van der Waals surface area contributed by atoms with Crippen molar-refractivity contribution in [1.82, 2.24) is 0 Å². The molecule has 0 radical (unpaired) electrons. The molecule has 0 spiro atoms. The minimum absolute atomic E-state index is 0.218. The first-order chi connectivity index (χ1) is 6.56. The maximum Gasteiger partial charge on any atom is 0.0942 e. The van der Waals surface area contributed by atoms with Crippen molar-refractivity contribution < 1.29 is 0 Å². The second-order valence-electron chi connectivity index (χ2n) is 7.09. The van der Waals surface area contributed by atoms with Gasteiger partial charge in [-0.25, -0.2) is 0 Å². The molecule has 2 heteroatoms. The summed E-state index contributed by atoms with van der Waals surface area (Å²) < 4.78 is 0. The lowest BCUT2D eigenvalue weighted by Crippen LogP contribution is -2.42. The van der Waals surface area contributed by atoms with E-state index in [1.165, 1.54) is 6.42 Å². The summed E-state index contributed by atoms with van der Waals surface area (Å²) in [5.41, 5.74) is 6.72. The predicted octanol–water partition coefficient (Wildman–Crippen LogP) is 3.22. The third-order valence-electron chi connectivity index (χ3n) is 4.09. The molecule has 0 aromatic carbocycles. The van der Waals surface area contributed by atoms with Crippen molar-refractivity contribution in [2.24, 2.45) is 27.0 Å². The van der Waals surface area contributed by atoms with Crippen LogP contribution in [0.25, 0.3) is 0 Å². The van der Waals surface area contributed by atoms with Crippen molar-refractivity contribution >= 4 is 5.84 Å². The highest BCUT2D eigenvalue weighted by atomic mass is 14.9. The van der Waals surface area contributed by atoms with Crippen LogP contribution in [0.4, 0.5) is 0 Å². The molecule has 15 heavy (non-hydrogen) atoms. The van der Waals surface area contributed by atoms with Crippen LogP contribution in [0.5, 0.6) is 0 Å². The standard InChI is InChI=1S/C13H26N2/c1-11(2)7-10(14)15-9-13(5,6)12(3,4)8-11/h7-9H2,1-6H3,(H2,14,15). The van der Waals surface area contributed by atoms with Gasteiger partial charge in [0.25, 0.3) is 0 Å². The summed E-state index contributed by atoms with van der Waals surface area (Å²) in [5, 5.41) is 0. The first-order valence-electron chi connectivity index (χ1n) is 5.85. The van der Waals surface area contributed by atoms with Crippen LogP contribution in [0, 0.1) is 16.2 Å². The molecule has 0 aromatic rings. The molecule has 0 amide bonds. The van der Waals surface area contributed by atoms with E-state index in [1.54, 1.807) is 0 Å². The van der Waals surface area contributed by atoms with Crippen molar-refractivity contribution in [1.29, 1.82) is 0 Å². The van der Waals surface area contributed by atoms with E-state index in [0.29, 0.717) is 5.41 Å². The smallest absolute Gasteiger partial charge is 0.0942 e. The summed E-state index contributed by atoms with van der Waals surface area (Å²) in [4.78, 5) is 4.52. The Bertz CT molecular complexity index is 272. The highest BCUT2D eigenvalue weighted by molar-refractivity contribution is 5.81. The van der Waals surface area contributed by atoms with Gasteiger partial charge in [0.1, 0.15) is 0 Å². The predicted molar refractivity (Wildman–Crippen MR) is 67.1 cm³/mol. The molecule has 0 bridgehead atoms. The Balaban J connectivity index is 3.06. The zero-order valence-corrected chi connectivity index (χ0v) is 11.1. The highest BCUT2D eigenvalue weighted by Crippen LogP contribution is 2.48. The number of amidine groups is 1. The molecule has 0 fully saturated rings. The van der Waals surface area contributed by atoms with Gasteiger partial charge in [0, 0.05) is 13.0 Å². The number of aliphatic imine (C=N–C) groups is 1. The van der Waals surface area contributed by atoms with E-state index < -0.39 is 0 Å². The normalized spacial score (nSPS) is 28.8. The zero-order chi connectivity index (χ0) is 11.9. The molecular formula is C13H26N2. The molecule has 0 aromatic heterocycles. The Kier molecular flexibility index (Phi) is 2.92. The summed E-state index contributed by atoms with van der Waals surface area (Å²) in [7, 11) is 0. The molecule has 2 N–H and O–H groups in total. The molecule has 0 atom stereocenters. The van der Waals surface area contributed by atoms with Gasteiger partial charge in [0.15, 0.2) is 0 Å². The molecule has 0 saturated heterocycles. The van der Waals surface area contributed by atoms with Gasteiger partial charge in [-0.3, -0.25) is 4.99 Å². The number of hydrogen-bond acceptors (Lipinski definition) is 2. The Morgan fingerprint density at radius 2 is 1.53 bits per heavy atom. The van der Waals surface area contributed by atoms with Crippen molar-refractivity contribution in [2.75, 3.05) is 6.54 Å². The van der Waals surface area contributed by atoms with Crippen LogP contribution in [0.3, 0.4) is 0 Å². The molecule has 0 unspecified atom stereocenters. The molecule has 1 heterocycles. The number of rotatable bonds is 0. The molecule has 88 valence electrons. The lowest BCUT2D eigenvalue weighted by atomic mass is 9.60. The summed E-state index contributed by atoms with van der Waals surface area (Å²) in [6.45, 7) is 14.7. The lowest BCUT2D eigenvalue weighted by molar-refractivity contribution is 0.0577. The fourth-order valence-electron chi connectivity index (χ4n) is 2.56. The zero-order valence-electron chi connectivity index (χ0n) is 11.1. The van der Waals surface area contributed by atoms with Crippen LogP contribution < -0.4 is 5.73 Å². The fourth-order valence-corrected chi connectivity index (χ4v) is 2.56. The van der Waals surface area contributed by atoms with Crippen molar-refractivity contribution in [3.8, 4) is 0 Å². The highest BCUT2D eigenvalue weighted by Gasteiger charge is 2.42. The molecule has 2 nitrogen and oxygen atoms in total. The largest absolute Gasteiger partial charge is 0.387 e. The lowest BCUT2D eigenvalue weighted by Gasteiger charge is -2.47. The molecular weight excluding hydrogens is 184 g/mol. The van der Waals surface area contributed by atoms with Crippen LogP contribution >= 0.6 is 0 Å². The second-order valence-corrected chi connectivity index (χ2v) is 7.09. The maximum atomic E-state index is 5.94. The van der Waals surface area contributed by atoms with Gasteiger partial charge in [-0.2, -0.15) is 0 Å². The van der Waals surface area contributed by atoms with Crippen molar-refractivity contribution in [3.05, 3.63) is 0 Å². The van der Waals surface area contributed by atoms with Gasteiger partial charge in [-0.1, -0.05) is 41.5 Å². The van der Waals surface area contributed by atoms with Gasteiger partial charge in [0.05, 0.1) is 5.84 Å². The number of nitrogens with zero attached hydrogens (tertiary/aromatic N) is 1. The Hall–Kier alpha value is -0.530. The molecule has 0 saturated carbocycles. The van der Waals surface area contributed by atoms with Gasteiger partial charge < -0.3 is 5.73 Å². The van der Waals surface area contributed by atoms with Gasteiger partial charge in [-0.05, 0) is 22.7 Å². The second kappa shape index (κ2) is 3.50. The van der Waals surface area contributed by atoms with E-state index in [0.717, 1.165) is 18.8 Å². The van der Waals surface area contributed by atoms with Crippen LogP contribution in [0.1, 0.15) is 54.4 Å². The van der Waals surface area contributed by atoms with Crippen LogP contribution in [-0.2, 0) is 0 Å². The van der Waals surface area contributed by atoms with Gasteiger partial charge in [0.2, 0.25) is 0 Å². The molecule has 1 rings (SSSR count). The summed E-state index contributed by atoms with van der Waals surface area (Å²) in [6.07, 6.45) is 2.12. The van der Waals surface area contributed by atoms with E-state index in [4.69, 9.17) is 5.73 Å². The summed E-state index contributed by atoms with van der Waals surface area (Å²) >= 11 is 0. The van der Waals surface area contributed by atoms with E-state index in [2.05, 4.69) is 46.5 Å². The third-order valence-corrected chi connectivity index (χ3v) is 4.09.